The van der Waals surface area contributed by atoms with Crippen LogP contribution < -0.4 is 14.5 Å². The lowest BCUT2D eigenvalue weighted by Crippen LogP contribution is -2.46. The number of halogens is 2. The van der Waals surface area contributed by atoms with E-state index in [2.05, 4.69) is 16.7 Å². The van der Waals surface area contributed by atoms with Crippen molar-refractivity contribution in [2.24, 2.45) is 5.92 Å². The van der Waals surface area contributed by atoms with Gasteiger partial charge in [-0.1, -0.05) is 62.0 Å². The standard InChI is InChI=1S/C31H41Cl2N3O4/c1-3-4-8-23(2)31(38)40-22-36-28-21-25(13-11-24(28)12-14-29(36)37)39-20-6-5-15-34-16-18-35(19-17-34)27-10-7-9-26(32)30(27)33/h7,9-11,13,21,23H,3-6,8,12,14-20,22H2,1-2H3. The summed E-state index contributed by atoms with van der Waals surface area (Å²) in [5.41, 5.74) is 2.85. The van der Waals surface area contributed by atoms with E-state index >= 15 is 0 Å². The fraction of sp³-hybridized carbons (Fsp3) is 0.548. The summed E-state index contributed by atoms with van der Waals surface area (Å²) in [6, 6.07) is 11.7. The number of amides is 1. The van der Waals surface area contributed by atoms with Gasteiger partial charge in [-0.3, -0.25) is 19.4 Å². The van der Waals surface area contributed by atoms with E-state index in [0.717, 1.165) is 87.5 Å². The molecular weight excluding hydrogens is 549 g/mol. The molecule has 2 aromatic rings. The van der Waals surface area contributed by atoms with Gasteiger partial charge in [-0.2, -0.15) is 0 Å². The van der Waals surface area contributed by atoms with E-state index in [1.54, 1.807) is 4.90 Å². The molecule has 1 unspecified atom stereocenters. The van der Waals surface area contributed by atoms with Crippen LogP contribution in [0.15, 0.2) is 36.4 Å². The van der Waals surface area contributed by atoms with Gasteiger partial charge in [0.2, 0.25) is 5.91 Å². The third-order valence-electron chi connectivity index (χ3n) is 7.77. The van der Waals surface area contributed by atoms with E-state index in [9.17, 15) is 9.59 Å². The second kappa shape index (κ2) is 14.9. The summed E-state index contributed by atoms with van der Waals surface area (Å²) in [4.78, 5) is 31.4. The Hall–Kier alpha value is -2.48. The molecule has 0 aliphatic carbocycles. The van der Waals surface area contributed by atoms with Crippen LogP contribution in [0.3, 0.4) is 0 Å². The smallest absolute Gasteiger partial charge is 0.310 e. The van der Waals surface area contributed by atoms with E-state index in [0.29, 0.717) is 29.5 Å². The highest BCUT2D eigenvalue weighted by atomic mass is 35.5. The van der Waals surface area contributed by atoms with Crippen molar-refractivity contribution < 1.29 is 19.1 Å². The monoisotopic (exact) mass is 589 g/mol. The van der Waals surface area contributed by atoms with Gasteiger partial charge in [0.15, 0.2) is 6.73 Å². The SMILES string of the molecule is CCCCC(C)C(=O)OCN1C(=O)CCc2ccc(OCCCCN3CCN(c4cccc(Cl)c4Cl)CC3)cc21. The summed E-state index contributed by atoms with van der Waals surface area (Å²) in [5, 5.41) is 1.22. The minimum Gasteiger partial charge on any atom is -0.494 e. The van der Waals surface area contributed by atoms with E-state index in [4.69, 9.17) is 32.7 Å². The first-order valence-corrected chi connectivity index (χ1v) is 15.3. The zero-order valence-electron chi connectivity index (χ0n) is 23.7. The molecule has 0 radical (unpaired) electrons. The molecule has 2 aliphatic rings. The fourth-order valence-electron chi connectivity index (χ4n) is 5.22. The Morgan fingerprint density at radius 2 is 1.80 bits per heavy atom. The first-order valence-electron chi connectivity index (χ1n) is 14.5. The first-order chi connectivity index (χ1) is 19.4. The van der Waals surface area contributed by atoms with Crippen LogP contribution >= 0.6 is 23.2 Å². The number of benzene rings is 2. The second-order valence-corrected chi connectivity index (χ2v) is 11.5. The van der Waals surface area contributed by atoms with Crippen LogP contribution in [0, 0.1) is 5.92 Å². The molecule has 0 aromatic heterocycles. The van der Waals surface area contributed by atoms with Gasteiger partial charge in [-0.25, -0.2) is 0 Å². The van der Waals surface area contributed by atoms with Gasteiger partial charge >= 0.3 is 5.97 Å². The minimum atomic E-state index is -0.254. The molecule has 0 spiro atoms. The maximum Gasteiger partial charge on any atom is 0.310 e. The highest BCUT2D eigenvalue weighted by molar-refractivity contribution is 6.43. The summed E-state index contributed by atoms with van der Waals surface area (Å²) >= 11 is 12.6. The number of piperazine rings is 1. The zero-order chi connectivity index (χ0) is 28.5. The number of fused-ring (bicyclic) bond motifs is 1. The van der Waals surface area contributed by atoms with Crippen molar-refractivity contribution in [2.45, 2.75) is 58.8 Å². The topological polar surface area (TPSA) is 62.3 Å². The number of carbonyl (C=O) groups is 2. The van der Waals surface area contributed by atoms with Crippen molar-refractivity contribution in [3.8, 4) is 5.75 Å². The van der Waals surface area contributed by atoms with Crippen molar-refractivity contribution in [1.29, 1.82) is 0 Å². The number of hydrogen-bond donors (Lipinski definition) is 0. The van der Waals surface area contributed by atoms with E-state index < -0.39 is 0 Å². The molecule has 2 aromatic carbocycles. The molecule has 40 heavy (non-hydrogen) atoms. The van der Waals surface area contributed by atoms with Crippen LogP contribution in [-0.2, 0) is 20.7 Å². The first kappa shape index (κ1) is 30.5. The van der Waals surface area contributed by atoms with Gasteiger partial charge in [0.05, 0.1) is 33.9 Å². The lowest BCUT2D eigenvalue weighted by atomic mass is 10.0. The second-order valence-electron chi connectivity index (χ2n) is 10.7. The van der Waals surface area contributed by atoms with E-state index in [-0.39, 0.29) is 24.5 Å². The van der Waals surface area contributed by atoms with Crippen LogP contribution in [0.2, 0.25) is 10.0 Å². The number of esters is 1. The maximum absolute atomic E-state index is 12.7. The van der Waals surface area contributed by atoms with Gasteiger partial charge in [-0.15, -0.1) is 0 Å². The molecule has 1 amide bonds. The van der Waals surface area contributed by atoms with Crippen LogP contribution in [-0.4, -0.2) is 62.8 Å². The van der Waals surface area contributed by atoms with Gasteiger partial charge in [0.1, 0.15) is 5.75 Å². The number of carbonyl (C=O) groups excluding carboxylic acids is 2. The fourth-order valence-corrected chi connectivity index (χ4v) is 5.64. The maximum atomic E-state index is 12.7. The van der Waals surface area contributed by atoms with Gasteiger partial charge in [-0.05, 0) is 56.0 Å². The number of hydrogen-bond acceptors (Lipinski definition) is 6. The molecule has 0 bridgehead atoms. The number of rotatable bonds is 13. The van der Waals surface area contributed by atoms with Crippen LogP contribution in [0.5, 0.6) is 5.75 Å². The largest absolute Gasteiger partial charge is 0.494 e. The lowest BCUT2D eigenvalue weighted by molar-refractivity contribution is -0.148. The molecule has 1 fully saturated rings. The molecule has 7 nitrogen and oxygen atoms in total. The molecule has 0 N–H and O–H groups in total. The number of unbranched alkanes of at least 4 members (excludes halogenated alkanes) is 2. The van der Waals surface area contributed by atoms with Crippen molar-refractivity contribution in [3.05, 3.63) is 52.0 Å². The van der Waals surface area contributed by atoms with Crippen molar-refractivity contribution >= 4 is 46.5 Å². The number of ether oxygens (including phenoxy) is 2. The normalized spacial score (nSPS) is 16.6. The Labute approximate surface area is 248 Å². The zero-order valence-corrected chi connectivity index (χ0v) is 25.2. The van der Waals surface area contributed by atoms with Crippen LogP contribution in [0.25, 0.3) is 0 Å². The molecule has 1 atom stereocenters. The van der Waals surface area contributed by atoms with Crippen molar-refractivity contribution in [3.63, 3.8) is 0 Å². The molecule has 4 rings (SSSR count). The minimum absolute atomic E-state index is 0.0311. The number of aryl methyl sites for hydroxylation is 1. The number of anilines is 2. The highest BCUT2D eigenvalue weighted by Gasteiger charge is 2.26. The Morgan fingerprint density at radius 1 is 1.00 bits per heavy atom. The predicted octanol–water partition coefficient (Wildman–Crippen LogP) is 6.58. The Bertz CT molecular complexity index is 1150. The lowest BCUT2D eigenvalue weighted by Gasteiger charge is -2.36. The third kappa shape index (κ3) is 8.05. The average molecular weight is 591 g/mol. The van der Waals surface area contributed by atoms with Crippen LogP contribution in [0.1, 0.15) is 57.9 Å². The molecule has 0 saturated carbocycles. The van der Waals surface area contributed by atoms with E-state index in [1.807, 2.05) is 43.3 Å². The summed E-state index contributed by atoms with van der Waals surface area (Å²) in [6.45, 7) is 9.38. The molecule has 218 valence electrons. The summed E-state index contributed by atoms with van der Waals surface area (Å²) < 4.78 is 11.6. The summed E-state index contributed by atoms with van der Waals surface area (Å²) in [7, 11) is 0. The summed E-state index contributed by atoms with van der Waals surface area (Å²) in [6.07, 6.45) is 5.90. The quantitative estimate of drug-likeness (QED) is 0.194. The summed E-state index contributed by atoms with van der Waals surface area (Å²) in [5.74, 6) is 0.277. The van der Waals surface area contributed by atoms with Gasteiger partial charge < -0.3 is 14.4 Å². The van der Waals surface area contributed by atoms with Crippen molar-refractivity contribution in [2.75, 3.05) is 55.9 Å². The van der Waals surface area contributed by atoms with Gasteiger partial charge in [0, 0.05) is 38.7 Å². The van der Waals surface area contributed by atoms with Crippen molar-refractivity contribution in [1.82, 2.24) is 4.90 Å². The molecule has 9 heteroatoms. The Balaban J connectivity index is 1.20. The average Bonchev–Trinajstić information content (AvgIpc) is 2.96. The van der Waals surface area contributed by atoms with Gasteiger partial charge in [0.25, 0.3) is 0 Å². The predicted molar refractivity (Wildman–Crippen MR) is 162 cm³/mol. The third-order valence-corrected chi connectivity index (χ3v) is 8.58. The Morgan fingerprint density at radius 3 is 2.58 bits per heavy atom. The Kier molecular flexibility index (Phi) is 11.4. The number of nitrogens with zero attached hydrogens (tertiary/aromatic N) is 3. The molecule has 1 saturated heterocycles. The van der Waals surface area contributed by atoms with E-state index in [1.165, 1.54) is 0 Å². The molecule has 2 aliphatic heterocycles. The molecule has 2 heterocycles. The molecular formula is C31H41Cl2N3O4. The van der Waals surface area contributed by atoms with Crippen LogP contribution in [0.4, 0.5) is 11.4 Å². The highest BCUT2D eigenvalue weighted by Crippen LogP contribution is 2.33.